The van der Waals surface area contributed by atoms with E-state index in [0.29, 0.717) is 15.9 Å². The third-order valence-electron chi connectivity index (χ3n) is 2.23. The van der Waals surface area contributed by atoms with E-state index < -0.39 is 0 Å². The molecular weight excluding hydrogens is 259 g/mol. The van der Waals surface area contributed by atoms with E-state index in [1.807, 2.05) is 6.07 Å². The minimum absolute atomic E-state index is 0.555. The number of aromatic nitrogens is 3. The summed E-state index contributed by atoms with van der Waals surface area (Å²) in [5.74, 6) is 0.582. The first-order valence-electron chi connectivity index (χ1n) is 5.26. The summed E-state index contributed by atoms with van der Waals surface area (Å²) < 4.78 is 1.56. The van der Waals surface area contributed by atoms with Gasteiger partial charge in [0.15, 0.2) is 5.82 Å². The van der Waals surface area contributed by atoms with Crippen LogP contribution in [-0.4, -0.2) is 21.3 Å². The number of rotatable bonds is 4. The van der Waals surface area contributed by atoms with Crippen molar-refractivity contribution in [1.82, 2.24) is 20.1 Å². The van der Waals surface area contributed by atoms with Gasteiger partial charge in [0.05, 0.1) is 22.4 Å². The van der Waals surface area contributed by atoms with Gasteiger partial charge < -0.3 is 5.32 Å². The van der Waals surface area contributed by atoms with E-state index in [-0.39, 0.29) is 0 Å². The van der Waals surface area contributed by atoms with Crippen molar-refractivity contribution in [2.24, 2.45) is 0 Å². The molecule has 6 heteroatoms. The monoisotopic (exact) mass is 270 g/mol. The molecule has 1 N–H and O–H groups in total. The van der Waals surface area contributed by atoms with Crippen LogP contribution in [0.5, 0.6) is 0 Å². The van der Waals surface area contributed by atoms with Gasteiger partial charge in [-0.25, -0.2) is 9.67 Å². The third kappa shape index (κ3) is 2.97. The van der Waals surface area contributed by atoms with E-state index >= 15 is 0 Å². The second-order valence-electron chi connectivity index (χ2n) is 3.53. The lowest BCUT2D eigenvalue weighted by molar-refractivity contribution is 0.722. The van der Waals surface area contributed by atoms with Crippen LogP contribution in [0.4, 0.5) is 0 Å². The second-order valence-corrected chi connectivity index (χ2v) is 4.38. The van der Waals surface area contributed by atoms with Crippen LogP contribution in [0.15, 0.2) is 24.7 Å². The number of hydrogen-bond donors (Lipinski definition) is 1. The average molecular weight is 271 g/mol. The van der Waals surface area contributed by atoms with E-state index in [1.165, 1.54) is 0 Å². The molecule has 0 unspecified atom stereocenters. The molecule has 4 nitrogen and oxygen atoms in total. The Morgan fingerprint density at radius 1 is 1.35 bits per heavy atom. The van der Waals surface area contributed by atoms with Crippen molar-refractivity contribution in [3.05, 3.63) is 40.3 Å². The Labute approximate surface area is 110 Å². The van der Waals surface area contributed by atoms with Crippen LogP contribution in [0.2, 0.25) is 10.0 Å². The topological polar surface area (TPSA) is 42.7 Å². The molecule has 0 saturated carbocycles. The van der Waals surface area contributed by atoms with Crippen LogP contribution in [0, 0.1) is 0 Å². The van der Waals surface area contributed by atoms with Gasteiger partial charge in [-0.2, -0.15) is 5.10 Å². The van der Waals surface area contributed by atoms with E-state index in [1.54, 1.807) is 23.3 Å². The van der Waals surface area contributed by atoms with Gasteiger partial charge >= 0.3 is 0 Å². The summed E-state index contributed by atoms with van der Waals surface area (Å²) >= 11 is 12.0. The molecule has 0 amide bonds. The smallest absolute Gasteiger partial charge is 0.172 e. The maximum atomic E-state index is 6.16. The van der Waals surface area contributed by atoms with Crippen molar-refractivity contribution in [3.63, 3.8) is 0 Å². The summed E-state index contributed by atoms with van der Waals surface area (Å²) in [6, 6.07) is 1.88. The fraction of sp³-hybridized carbons (Fsp3) is 0.273. The molecule has 90 valence electrons. The Morgan fingerprint density at radius 3 is 2.76 bits per heavy atom. The molecular formula is C11H12Cl2N4. The van der Waals surface area contributed by atoms with Crippen LogP contribution in [0.3, 0.4) is 0 Å². The Morgan fingerprint density at radius 2 is 2.18 bits per heavy atom. The lowest BCUT2D eigenvalue weighted by Gasteiger charge is -2.06. The summed E-state index contributed by atoms with van der Waals surface area (Å²) in [6.07, 6.45) is 4.99. The SMILES string of the molecule is CCNCc1cnc(-n2cc(Cl)cn2)c(Cl)c1. The molecule has 0 saturated heterocycles. The van der Waals surface area contributed by atoms with Crippen LogP contribution in [-0.2, 0) is 6.54 Å². The number of nitrogens with one attached hydrogen (secondary N) is 1. The van der Waals surface area contributed by atoms with Gasteiger partial charge in [-0.3, -0.25) is 0 Å². The van der Waals surface area contributed by atoms with Crippen LogP contribution < -0.4 is 5.32 Å². The lowest BCUT2D eigenvalue weighted by Crippen LogP contribution is -2.12. The fourth-order valence-electron chi connectivity index (χ4n) is 1.42. The summed E-state index contributed by atoms with van der Waals surface area (Å²) in [5, 5.41) is 8.38. The van der Waals surface area contributed by atoms with Crippen molar-refractivity contribution >= 4 is 23.2 Å². The zero-order valence-electron chi connectivity index (χ0n) is 9.32. The van der Waals surface area contributed by atoms with E-state index in [0.717, 1.165) is 18.7 Å². The maximum Gasteiger partial charge on any atom is 0.172 e. The van der Waals surface area contributed by atoms with Gasteiger partial charge in [-0.05, 0) is 18.2 Å². The summed E-state index contributed by atoms with van der Waals surface area (Å²) in [6.45, 7) is 3.71. The van der Waals surface area contributed by atoms with Crippen molar-refractivity contribution in [3.8, 4) is 5.82 Å². The molecule has 0 radical (unpaired) electrons. The van der Waals surface area contributed by atoms with Gasteiger partial charge in [0.2, 0.25) is 0 Å². The predicted molar refractivity (Wildman–Crippen MR) is 68.8 cm³/mol. The molecule has 0 aliphatic rings. The van der Waals surface area contributed by atoms with Crippen molar-refractivity contribution in [2.45, 2.75) is 13.5 Å². The molecule has 2 aromatic heterocycles. The minimum atomic E-state index is 0.555. The highest BCUT2D eigenvalue weighted by Gasteiger charge is 2.07. The normalized spacial score (nSPS) is 10.8. The largest absolute Gasteiger partial charge is 0.313 e. The molecule has 0 aliphatic heterocycles. The van der Waals surface area contributed by atoms with Crippen LogP contribution >= 0.6 is 23.2 Å². The molecule has 0 fully saturated rings. The molecule has 2 rings (SSSR count). The Hall–Kier alpha value is -1.10. The maximum absolute atomic E-state index is 6.16. The number of pyridine rings is 1. The first-order chi connectivity index (χ1) is 8.20. The zero-order chi connectivity index (χ0) is 12.3. The molecule has 17 heavy (non-hydrogen) atoms. The summed E-state index contributed by atoms with van der Waals surface area (Å²) in [7, 11) is 0. The minimum Gasteiger partial charge on any atom is -0.313 e. The van der Waals surface area contributed by atoms with Gasteiger partial charge in [-0.1, -0.05) is 30.1 Å². The van der Waals surface area contributed by atoms with E-state index in [9.17, 15) is 0 Å². The van der Waals surface area contributed by atoms with E-state index in [2.05, 4.69) is 22.3 Å². The van der Waals surface area contributed by atoms with Gasteiger partial charge in [-0.15, -0.1) is 0 Å². The first-order valence-corrected chi connectivity index (χ1v) is 6.02. The first kappa shape index (κ1) is 12.4. The fourth-order valence-corrected chi connectivity index (χ4v) is 1.83. The highest BCUT2D eigenvalue weighted by atomic mass is 35.5. The Kier molecular flexibility index (Phi) is 3.99. The molecule has 0 aromatic carbocycles. The Bertz CT molecular complexity index is 510. The van der Waals surface area contributed by atoms with Crippen LogP contribution in [0.25, 0.3) is 5.82 Å². The van der Waals surface area contributed by atoms with Crippen LogP contribution in [0.1, 0.15) is 12.5 Å². The highest BCUT2D eigenvalue weighted by molar-refractivity contribution is 6.32. The Balaban J connectivity index is 2.25. The standard InChI is InChI=1S/C11H12Cl2N4/c1-2-14-4-8-3-10(13)11(15-5-8)17-7-9(12)6-16-17/h3,5-7,14H,2,4H2,1H3. The van der Waals surface area contributed by atoms with Gasteiger partial charge in [0, 0.05) is 12.7 Å². The predicted octanol–water partition coefficient (Wildman–Crippen LogP) is 2.68. The zero-order valence-corrected chi connectivity index (χ0v) is 10.8. The number of hydrogen-bond acceptors (Lipinski definition) is 3. The molecule has 0 bridgehead atoms. The van der Waals surface area contributed by atoms with Gasteiger partial charge in [0.1, 0.15) is 0 Å². The van der Waals surface area contributed by atoms with Crippen molar-refractivity contribution in [2.75, 3.05) is 6.54 Å². The molecule has 0 atom stereocenters. The van der Waals surface area contributed by atoms with Crippen molar-refractivity contribution < 1.29 is 0 Å². The quantitative estimate of drug-likeness (QED) is 0.929. The number of halogens is 2. The number of nitrogens with zero attached hydrogens (tertiary/aromatic N) is 3. The molecule has 0 aliphatic carbocycles. The highest BCUT2D eigenvalue weighted by Crippen LogP contribution is 2.20. The summed E-state index contributed by atoms with van der Waals surface area (Å²) in [4.78, 5) is 4.28. The average Bonchev–Trinajstić information content (AvgIpc) is 2.73. The second kappa shape index (κ2) is 5.49. The molecule has 2 heterocycles. The molecule has 0 spiro atoms. The lowest BCUT2D eigenvalue weighted by atomic mass is 10.3. The van der Waals surface area contributed by atoms with Crippen molar-refractivity contribution in [1.29, 1.82) is 0 Å². The van der Waals surface area contributed by atoms with E-state index in [4.69, 9.17) is 23.2 Å². The molecule has 2 aromatic rings. The summed E-state index contributed by atoms with van der Waals surface area (Å²) in [5.41, 5.74) is 1.04. The third-order valence-corrected chi connectivity index (χ3v) is 2.70. The van der Waals surface area contributed by atoms with Gasteiger partial charge in [0.25, 0.3) is 0 Å².